The van der Waals surface area contributed by atoms with Gasteiger partial charge in [0.1, 0.15) is 13.2 Å². The van der Waals surface area contributed by atoms with E-state index in [9.17, 15) is 45.0 Å². The number of aliphatic hydroxyl groups is 6. The monoisotopic (exact) mass is 378 g/mol. The predicted octanol–water partition coefficient (Wildman–Crippen LogP) is -3.87. The Morgan fingerprint density at radius 1 is 0.962 bits per heavy atom. The molecule has 0 saturated carbocycles. The van der Waals surface area contributed by atoms with E-state index in [-0.39, 0.29) is 17.7 Å². The van der Waals surface area contributed by atoms with Crippen molar-refractivity contribution in [3.63, 3.8) is 0 Å². The fourth-order valence-corrected chi connectivity index (χ4v) is 2.04. The molecule has 0 heterocycles. The molecule has 0 aromatic heterocycles. The second-order valence-electron chi connectivity index (χ2n) is 5.57. The van der Waals surface area contributed by atoms with Crippen molar-refractivity contribution in [1.82, 2.24) is 0 Å². The zero-order valence-corrected chi connectivity index (χ0v) is 13.4. The highest BCUT2D eigenvalue weighted by atomic mass is 16.6. The molecule has 1 rings (SSSR count). The van der Waals surface area contributed by atoms with Gasteiger partial charge in [-0.1, -0.05) is 6.58 Å². The molecule has 0 amide bonds. The molecule has 1 aliphatic rings. The van der Waals surface area contributed by atoms with Crippen molar-refractivity contribution in [1.29, 1.82) is 0 Å². The SMILES string of the molecule is C=C(C)C(=O)OCCOC(=O)C1(O)C=CC(O)(O)C(O)(O)C1(O)C(=O)O. The Balaban J connectivity index is 3.08. The molecule has 146 valence electrons. The zero-order valence-electron chi connectivity index (χ0n) is 13.4. The summed E-state index contributed by atoms with van der Waals surface area (Å²) in [6.07, 6.45) is 0.195. The standard InChI is InChI=1S/C14H18O12/c1-7(2)8(15)25-5-6-26-10(18)11(19)3-4-12(20,21)14(23,24)13(11,22)9(16)17/h3-4,19-24H,1,5-6H2,2H3,(H,16,17). The molecule has 0 saturated heterocycles. The van der Waals surface area contributed by atoms with Gasteiger partial charge < -0.3 is 45.2 Å². The Labute approximate surface area is 145 Å². The smallest absolute Gasteiger partial charge is 0.346 e. The maximum atomic E-state index is 12.0. The number of hydrogen-bond acceptors (Lipinski definition) is 11. The lowest BCUT2D eigenvalue weighted by Crippen LogP contribution is -2.82. The van der Waals surface area contributed by atoms with Gasteiger partial charge >= 0.3 is 17.9 Å². The van der Waals surface area contributed by atoms with Crippen molar-refractivity contribution in [2.45, 2.75) is 29.7 Å². The average molecular weight is 378 g/mol. The van der Waals surface area contributed by atoms with E-state index < -0.39 is 53.9 Å². The molecule has 2 atom stereocenters. The second kappa shape index (κ2) is 6.75. The molecule has 0 aliphatic heterocycles. The van der Waals surface area contributed by atoms with Gasteiger partial charge in [0.15, 0.2) is 0 Å². The minimum absolute atomic E-state index is 0.0398. The summed E-state index contributed by atoms with van der Waals surface area (Å²) in [7, 11) is 0. The van der Waals surface area contributed by atoms with E-state index in [1.807, 2.05) is 0 Å². The van der Waals surface area contributed by atoms with Crippen LogP contribution in [0.15, 0.2) is 24.3 Å². The maximum Gasteiger partial charge on any atom is 0.346 e. The van der Waals surface area contributed by atoms with E-state index in [2.05, 4.69) is 16.1 Å². The number of carbonyl (C=O) groups excluding carboxylic acids is 2. The van der Waals surface area contributed by atoms with Gasteiger partial charge in [0.2, 0.25) is 11.4 Å². The summed E-state index contributed by atoms with van der Waals surface area (Å²) < 4.78 is 9.04. The highest BCUT2D eigenvalue weighted by molar-refractivity contribution is 5.95. The van der Waals surface area contributed by atoms with Gasteiger partial charge in [0.05, 0.1) is 0 Å². The molecule has 0 aromatic rings. The van der Waals surface area contributed by atoms with Crippen molar-refractivity contribution in [2.75, 3.05) is 13.2 Å². The number of rotatable bonds is 6. The molecule has 26 heavy (non-hydrogen) atoms. The van der Waals surface area contributed by atoms with E-state index in [4.69, 9.17) is 5.11 Å². The van der Waals surface area contributed by atoms with E-state index in [0.717, 1.165) is 0 Å². The van der Waals surface area contributed by atoms with Crippen LogP contribution in [-0.4, -0.2) is 89.6 Å². The molecule has 12 nitrogen and oxygen atoms in total. The van der Waals surface area contributed by atoms with Crippen LogP contribution in [0.1, 0.15) is 6.92 Å². The summed E-state index contributed by atoms with van der Waals surface area (Å²) in [6.45, 7) is 3.39. The van der Waals surface area contributed by atoms with Crippen LogP contribution in [-0.2, 0) is 23.9 Å². The van der Waals surface area contributed by atoms with Crippen molar-refractivity contribution in [2.24, 2.45) is 0 Å². The van der Waals surface area contributed by atoms with Gasteiger partial charge in [-0.05, 0) is 19.1 Å². The molecule has 12 heteroatoms. The van der Waals surface area contributed by atoms with Crippen LogP contribution in [0.25, 0.3) is 0 Å². The summed E-state index contributed by atoms with van der Waals surface area (Å²) in [4.78, 5) is 34.5. The molecule has 7 N–H and O–H groups in total. The highest BCUT2D eigenvalue weighted by Gasteiger charge is 2.78. The van der Waals surface area contributed by atoms with Crippen LogP contribution in [0, 0.1) is 0 Å². The lowest BCUT2D eigenvalue weighted by Gasteiger charge is -2.50. The van der Waals surface area contributed by atoms with Gasteiger partial charge in [-0.25, -0.2) is 14.4 Å². The van der Waals surface area contributed by atoms with Crippen LogP contribution >= 0.6 is 0 Å². The molecule has 0 aromatic carbocycles. The fourth-order valence-electron chi connectivity index (χ4n) is 2.04. The van der Waals surface area contributed by atoms with Crippen LogP contribution in [0.4, 0.5) is 0 Å². The van der Waals surface area contributed by atoms with E-state index >= 15 is 0 Å². The first-order valence-corrected chi connectivity index (χ1v) is 6.93. The predicted molar refractivity (Wildman–Crippen MR) is 77.7 cm³/mol. The third kappa shape index (κ3) is 3.09. The molecule has 0 radical (unpaired) electrons. The Kier molecular flexibility index (Phi) is 5.63. The Hall–Kier alpha value is -2.35. The Morgan fingerprint density at radius 3 is 1.92 bits per heavy atom. The van der Waals surface area contributed by atoms with Gasteiger partial charge in [-0.2, -0.15) is 0 Å². The number of aliphatic carboxylic acids is 1. The van der Waals surface area contributed by atoms with Crippen molar-refractivity contribution in [3.8, 4) is 0 Å². The third-order valence-electron chi connectivity index (χ3n) is 3.64. The normalized spacial score (nSPS) is 28.9. The van der Waals surface area contributed by atoms with Crippen molar-refractivity contribution >= 4 is 17.9 Å². The average Bonchev–Trinajstić information content (AvgIpc) is 2.53. The topological polar surface area (TPSA) is 211 Å². The molecular formula is C14H18O12. The molecule has 2 unspecified atom stereocenters. The maximum absolute atomic E-state index is 12.0. The quantitative estimate of drug-likeness (QED) is 0.0777. The van der Waals surface area contributed by atoms with E-state index in [1.54, 1.807) is 0 Å². The van der Waals surface area contributed by atoms with Gasteiger partial charge in [0.25, 0.3) is 11.4 Å². The largest absolute Gasteiger partial charge is 0.479 e. The Bertz CT molecular complexity index is 663. The first kappa shape index (κ1) is 21.7. The summed E-state index contributed by atoms with van der Waals surface area (Å²) >= 11 is 0. The summed E-state index contributed by atoms with van der Waals surface area (Å²) in [5, 5.41) is 67.7. The number of carbonyl (C=O) groups is 3. The molecular weight excluding hydrogens is 360 g/mol. The van der Waals surface area contributed by atoms with Gasteiger partial charge in [-0.15, -0.1) is 0 Å². The summed E-state index contributed by atoms with van der Waals surface area (Å²) in [5.74, 6) is -13.3. The molecule has 0 bridgehead atoms. The first-order chi connectivity index (χ1) is 11.6. The highest BCUT2D eigenvalue weighted by Crippen LogP contribution is 2.44. The van der Waals surface area contributed by atoms with Crippen LogP contribution in [0.5, 0.6) is 0 Å². The van der Waals surface area contributed by atoms with Gasteiger partial charge in [0, 0.05) is 5.57 Å². The van der Waals surface area contributed by atoms with Crippen molar-refractivity contribution < 1.29 is 59.6 Å². The number of carboxylic acid groups (broad SMARTS) is 1. The van der Waals surface area contributed by atoms with Crippen LogP contribution in [0.2, 0.25) is 0 Å². The minimum Gasteiger partial charge on any atom is -0.479 e. The second-order valence-corrected chi connectivity index (χ2v) is 5.57. The molecule has 0 spiro atoms. The molecule has 0 fully saturated rings. The van der Waals surface area contributed by atoms with Crippen LogP contribution < -0.4 is 0 Å². The first-order valence-electron chi connectivity index (χ1n) is 6.93. The third-order valence-corrected chi connectivity index (χ3v) is 3.64. The fraction of sp³-hybridized carbons (Fsp3) is 0.500. The van der Waals surface area contributed by atoms with Crippen LogP contribution in [0.3, 0.4) is 0 Å². The van der Waals surface area contributed by atoms with Crippen molar-refractivity contribution in [3.05, 3.63) is 24.3 Å². The summed E-state index contributed by atoms with van der Waals surface area (Å²) in [5.41, 5.74) is -7.82. The van der Waals surface area contributed by atoms with Gasteiger partial charge in [-0.3, -0.25) is 0 Å². The minimum atomic E-state index is -4.32. The van der Waals surface area contributed by atoms with E-state index in [0.29, 0.717) is 0 Å². The number of carboxylic acids is 1. The number of esters is 2. The Morgan fingerprint density at radius 2 is 1.46 bits per heavy atom. The number of ether oxygens (including phenoxy) is 2. The number of hydrogen-bond donors (Lipinski definition) is 7. The molecule has 1 aliphatic carbocycles. The lowest BCUT2D eigenvalue weighted by atomic mass is 9.68. The zero-order chi connectivity index (χ0) is 20.6. The lowest BCUT2D eigenvalue weighted by molar-refractivity contribution is -0.406. The summed E-state index contributed by atoms with van der Waals surface area (Å²) in [6, 6.07) is 0. The van der Waals surface area contributed by atoms with E-state index in [1.165, 1.54) is 6.92 Å².